The van der Waals surface area contributed by atoms with Crippen molar-refractivity contribution in [1.82, 2.24) is 0 Å². The van der Waals surface area contributed by atoms with Gasteiger partial charge in [0.05, 0.1) is 6.10 Å². The van der Waals surface area contributed by atoms with Crippen molar-refractivity contribution in [3.8, 4) is 0 Å². The average molecular weight is 258 g/mol. The quantitative estimate of drug-likeness (QED) is 0.601. The van der Waals surface area contributed by atoms with E-state index in [1.807, 2.05) is 11.8 Å². The minimum absolute atomic E-state index is 0.0781. The smallest absolute Gasteiger partial charge is 0.0684 e. The average Bonchev–Trinajstić information content (AvgIpc) is 2.76. The standard InChI is InChI=1S/C15H30OS/c1-3-4-5-6-7-8-9-11-14(16)15(2)12-10-13-17-15/h14,16H,3-13H2,1-2H3. The maximum atomic E-state index is 10.2. The van der Waals surface area contributed by atoms with E-state index in [0.717, 1.165) is 6.42 Å². The van der Waals surface area contributed by atoms with Crippen LogP contribution in [0.25, 0.3) is 0 Å². The molecule has 17 heavy (non-hydrogen) atoms. The van der Waals surface area contributed by atoms with Crippen LogP contribution in [-0.4, -0.2) is 21.7 Å². The van der Waals surface area contributed by atoms with Crippen molar-refractivity contribution in [1.29, 1.82) is 0 Å². The Bertz CT molecular complexity index is 187. The van der Waals surface area contributed by atoms with Crippen molar-refractivity contribution in [2.45, 2.75) is 88.9 Å². The van der Waals surface area contributed by atoms with Gasteiger partial charge in [-0.15, -0.1) is 0 Å². The second kappa shape index (κ2) is 8.42. The molecule has 0 aromatic rings. The van der Waals surface area contributed by atoms with Crippen molar-refractivity contribution in [3.63, 3.8) is 0 Å². The summed E-state index contributed by atoms with van der Waals surface area (Å²) in [5.41, 5.74) is 0. The molecular formula is C15H30OS. The van der Waals surface area contributed by atoms with Gasteiger partial charge in [-0.2, -0.15) is 11.8 Å². The first-order valence-electron chi connectivity index (χ1n) is 7.51. The van der Waals surface area contributed by atoms with Gasteiger partial charge in [0.15, 0.2) is 0 Å². The number of aliphatic hydroxyl groups excluding tert-OH is 1. The molecule has 1 heterocycles. The van der Waals surface area contributed by atoms with Crippen LogP contribution in [0.2, 0.25) is 0 Å². The van der Waals surface area contributed by atoms with Gasteiger partial charge in [0, 0.05) is 4.75 Å². The molecule has 2 heteroatoms. The monoisotopic (exact) mass is 258 g/mol. The van der Waals surface area contributed by atoms with Crippen LogP contribution in [0.15, 0.2) is 0 Å². The van der Waals surface area contributed by atoms with Crippen LogP contribution in [0.3, 0.4) is 0 Å². The van der Waals surface area contributed by atoms with Crippen molar-refractivity contribution < 1.29 is 5.11 Å². The van der Waals surface area contributed by atoms with Crippen LogP contribution in [-0.2, 0) is 0 Å². The van der Waals surface area contributed by atoms with Gasteiger partial charge in [-0.25, -0.2) is 0 Å². The number of rotatable bonds is 9. The third-order valence-electron chi connectivity index (χ3n) is 4.04. The first-order valence-corrected chi connectivity index (χ1v) is 8.49. The second-order valence-electron chi connectivity index (χ2n) is 5.69. The zero-order chi connectivity index (χ0) is 12.6. The molecule has 1 N–H and O–H groups in total. The molecule has 0 aromatic heterocycles. The van der Waals surface area contributed by atoms with Crippen molar-refractivity contribution >= 4 is 11.8 Å². The first-order chi connectivity index (χ1) is 8.19. The van der Waals surface area contributed by atoms with Crippen molar-refractivity contribution in [2.75, 3.05) is 5.75 Å². The Labute approximate surface area is 112 Å². The molecule has 0 saturated carbocycles. The van der Waals surface area contributed by atoms with Crippen LogP contribution in [0.1, 0.15) is 78.1 Å². The molecule has 1 saturated heterocycles. The van der Waals surface area contributed by atoms with E-state index in [4.69, 9.17) is 0 Å². The van der Waals surface area contributed by atoms with E-state index in [9.17, 15) is 5.11 Å². The largest absolute Gasteiger partial charge is 0.392 e. The van der Waals surface area contributed by atoms with E-state index in [1.54, 1.807) is 0 Å². The van der Waals surface area contributed by atoms with Crippen LogP contribution < -0.4 is 0 Å². The maximum absolute atomic E-state index is 10.2. The Kier molecular flexibility index (Phi) is 7.61. The molecule has 1 aliphatic rings. The molecule has 0 spiro atoms. The summed E-state index contributed by atoms with van der Waals surface area (Å²) in [6.45, 7) is 4.51. The zero-order valence-electron chi connectivity index (χ0n) is 11.7. The summed E-state index contributed by atoms with van der Waals surface area (Å²) in [5.74, 6) is 1.24. The van der Waals surface area contributed by atoms with Crippen molar-refractivity contribution in [2.24, 2.45) is 0 Å². The summed E-state index contributed by atoms with van der Waals surface area (Å²) in [4.78, 5) is 0. The molecule has 2 atom stereocenters. The van der Waals surface area contributed by atoms with Gasteiger partial charge < -0.3 is 5.11 Å². The molecular weight excluding hydrogens is 228 g/mol. The SMILES string of the molecule is CCCCCCCCCC(O)C1(C)CCCS1. The fourth-order valence-corrected chi connectivity index (χ4v) is 4.02. The molecule has 1 aliphatic heterocycles. The van der Waals surface area contributed by atoms with E-state index in [2.05, 4.69) is 13.8 Å². The summed E-state index contributed by atoms with van der Waals surface area (Å²) in [6.07, 6.45) is 12.8. The Morgan fingerprint density at radius 1 is 1.12 bits per heavy atom. The lowest BCUT2D eigenvalue weighted by Crippen LogP contribution is -2.33. The lowest BCUT2D eigenvalue weighted by Gasteiger charge is -2.29. The molecule has 102 valence electrons. The van der Waals surface area contributed by atoms with E-state index < -0.39 is 0 Å². The number of unbranched alkanes of at least 4 members (excludes halogenated alkanes) is 6. The first kappa shape index (κ1) is 15.4. The summed E-state index contributed by atoms with van der Waals surface area (Å²) in [5, 5.41) is 10.2. The predicted octanol–water partition coefficient (Wildman–Crippen LogP) is 4.77. The summed E-state index contributed by atoms with van der Waals surface area (Å²) >= 11 is 1.98. The lowest BCUT2D eigenvalue weighted by molar-refractivity contribution is 0.121. The minimum atomic E-state index is -0.0781. The van der Waals surface area contributed by atoms with Crippen LogP contribution >= 0.6 is 11.8 Å². The van der Waals surface area contributed by atoms with Crippen molar-refractivity contribution in [3.05, 3.63) is 0 Å². The third kappa shape index (κ3) is 5.65. The maximum Gasteiger partial charge on any atom is 0.0684 e. The van der Waals surface area contributed by atoms with Gasteiger partial charge in [-0.05, 0) is 31.9 Å². The highest BCUT2D eigenvalue weighted by Crippen LogP contribution is 2.41. The van der Waals surface area contributed by atoms with E-state index in [1.165, 1.54) is 63.5 Å². The number of thioether (sulfide) groups is 1. The topological polar surface area (TPSA) is 20.2 Å². The Morgan fingerprint density at radius 3 is 2.35 bits per heavy atom. The molecule has 0 bridgehead atoms. The Balaban J connectivity index is 1.98. The van der Waals surface area contributed by atoms with Crippen LogP contribution in [0.5, 0.6) is 0 Å². The number of hydrogen-bond donors (Lipinski definition) is 1. The molecule has 0 aliphatic carbocycles. The van der Waals surface area contributed by atoms with Crippen LogP contribution in [0, 0.1) is 0 Å². The third-order valence-corrected chi connectivity index (χ3v) is 5.66. The van der Waals surface area contributed by atoms with Crippen LogP contribution in [0.4, 0.5) is 0 Å². The highest BCUT2D eigenvalue weighted by Gasteiger charge is 2.36. The summed E-state index contributed by atoms with van der Waals surface area (Å²) in [6, 6.07) is 0. The van der Waals surface area contributed by atoms with Gasteiger partial charge in [-0.3, -0.25) is 0 Å². The molecule has 0 amide bonds. The highest BCUT2D eigenvalue weighted by atomic mass is 32.2. The fourth-order valence-electron chi connectivity index (χ4n) is 2.66. The van der Waals surface area contributed by atoms with E-state index in [0.29, 0.717) is 0 Å². The van der Waals surface area contributed by atoms with E-state index in [-0.39, 0.29) is 10.9 Å². The second-order valence-corrected chi connectivity index (χ2v) is 7.32. The molecule has 2 unspecified atom stereocenters. The minimum Gasteiger partial charge on any atom is -0.392 e. The normalized spacial score (nSPS) is 26.3. The molecule has 1 nitrogen and oxygen atoms in total. The van der Waals surface area contributed by atoms with Gasteiger partial charge in [0.1, 0.15) is 0 Å². The fraction of sp³-hybridized carbons (Fsp3) is 1.00. The van der Waals surface area contributed by atoms with Gasteiger partial charge in [-0.1, -0.05) is 51.9 Å². The highest BCUT2D eigenvalue weighted by molar-refractivity contribution is 8.00. The molecule has 0 radical (unpaired) electrons. The number of aliphatic hydroxyl groups is 1. The Morgan fingerprint density at radius 2 is 1.76 bits per heavy atom. The van der Waals surface area contributed by atoms with Gasteiger partial charge in [0.25, 0.3) is 0 Å². The zero-order valence-corrected chi connectivity index (χ0v) is 12.5. The van der Waals surface area contributed by atoms with Gasteiger partial charge >= 0.3 is 0 Å². The van der Waals surface area contributed by atoms with Gasteiger partial charge in [0.2, 0.25) is 0 Å². The summed E-state index contributed by atoms with van der Waals surface area (Å²) in [7, 11) is 0. The molecule has 0 aromatic carbocycles. The van der Waals surface area contributed by atoms with E-state index >= 15 is 0 Å². The number of hydrogen-bond acceptors (Lipinski definition) is 2. The molecule has 1 fully saturated rings. The summed E-state index contributed by atoms with van der Waals surface area (Å²) < 4.78 is 0.169. The Hall–Kier alpha value is 0.310. The lowest BCUT2D eigenvalue weighted by atomic mass is 9.94. The predicted molar refractivity (Wildman–Crippen MR) is 78.7 cm³/mol. The molecule has 1 rings (SSSR count).